The summed E-state index contributed by atoms with van der Waals surface area (Å²) in [5, 5.41) is 7.62. The fourth-order valence-corrected chi connectivity index (χ4v) is 7.57. The second kappa shape index (κ2) is 14.5. The van der Waals surface area contributed by atoms with Crippen molar-refractivity contribution in [1.82, 2.24) is 34.0 Å². The van der Waals surface area contributed by atoms with Crippen molar-refractivity contribution in [2.24, 2.45) is 11.8 Å². The van der Waals surface area contributed by atoms with Gasteiger partial charge < -0.3 is 24.4 Å². The molecule has 3 aliphatic rings. The number of hydrogen-bond donors (Lipinski definition) is 1. The summed E-state index contributed by atoms with van der Waals surface area (Å²) in [6.07, 6.45) is 3.83. The largest absolute Gasteiger partial charge is 0.485 e. The highest BCUT2D eigenvalue weighted by Gasteiger charge is 2.42. The minimum absolute atomic E-state index is 0.147. The number of hydrogen-bond acceptors (Lipinski definition) is 10. The maximum absolute atomic E-state index is 14.4. The number of aromatic nitrogens is 6. The van der Waals surface area contributed by atoms with E-state index in [4.69, 9.17) is 18.9 Å². The van der Waals surface area contributed by atoms with Gasteiger partial charge in [-0.3, -0.25) is 14.4 Å². The number of nitrogens with one attached hydrogen (secondary N) is 1. The summed E-state index contributed by atoms with van der Waals surface area (Å²) in [4.78, 5) is 59.7. The first-order valence-electron chi connectivity index (χ1n) is 19.3. The van der Waals surface area contributed by atoms with Crippen LogP contribution in [-0.2, 0) is 24.4 Å². The molecule has 2 unspecified atom stereocenters. The highest BCUT2D eigenvalue weighted by Crippen LogP contribution is 2.52. The predicted octanol–water partition coefficient (Wildman–Crippen LogP) is 4.88. The average molecular weight is 735 g/mol. The number of carbonyl (C=O) groups excluding carboxylic acids is 2. The molecule has 0 radical (unpaired) electrons. The van der Waals surface area contributed by atoms with Crippen LogP contribution in [0.25, 0.3) is 11.4 Å². The van der Waals surface area contributed by atoms with Crippen LogP contribution in [0.1, 0.15) is 57.1 Å². The molecule has 2 aliphatic carbocycles. The number of amides is 2. The molecule has 13 nitrogen and oxygen atoms in total. The Morgan fingerprint density at radius 3 is 2.57 bits per heavy atom. The van der Waals surface area contributed by atoms with E-state index in [1.54, 1.807) is 40.7 Å². The summed E-state index contributed by atoms with van der Waals surface area (Å²) >= 11 is 0.765. The Labute approximate surface area is 315 Å². The van der Waals surface area contributed by atoms with Gasteiger partial charge in [-0.05, 0) is 79.6 Å². The van der Waals surface area contributed by atoms with E-state index in [2.05, 4.69) is 21.4 Å². The quantitative estimate of drug-likeness (QED) is 0.187. The van der Waals surface area contributed by atoms with Crippen molar-refractivity contribution in [1.29, 1.82) is 0 Å². The number of ether oxygens (including phenoxy) is 1. The third-order valence-electron chi connectivity index (χ3n) is 10.2. The molecular weight excluding hydrogens is 691 g/mol. The zero-order valence-corrected chi connectivity index (χ0v) is 30.3. The summed E-state index contributed by atoms with van der Waals surface area (Å²) < 4.78 is 31.7. The van der Waals surface area contributed by atoms with Crippen LogP contribution < -0.4 is 20.5 Å². The summed E-state index contributed by atoms with van der Waals surface area (Å²) in [6, 6.07) is 16.3. The predicted molar refractivity (Wildman–Crippen MR) is 203 cm³/mol. The van der Waals surface area contributed by atoms with Gasteiger partial charge in [0.1, 0.15) is 25.2 Å². The van der Waals surface area contributed by atoms with Gasteiger partial charge in [0, 0.05) is 40.9 Å². The van der Waals surface area contributed by atoms with E-state index in [1.165, 1.54) is 10.8 Å². The molecule has 1 saturated heterocycles. The van der Waals surface area contributed by atoms with Crippen LogP contribution in [0.5, 0.6) is 5.75 Å². The van der Waals surface area contributed by atoms with Gasteiger partial charge in [0.2, 0.25) is 11.7 Å². The van der Waals surface area contributed by atoms with Crippen molar-refractivity contribution >= 4 is 46.3 Å². The Bertz CT molecular complexity index is 2390. The van der Waals surface area contributed by atoms with Gasteiger partial charge in [-0.25, -0.2) is 9.97 Å². The Hall–Kier alpha value is -5.50. The smallest absolute Gasteiger partial charge is 0.299 e. The molecule has 2 aromatic carbocycles. The molecule has 8 rings (SSSR count). The van der Waals surface area contributed by atoms with Crippen LogP contribution in [0, 0.1) is 18.8 Å². The van der Waals surface area contributed by atoms with Crippen LogP contribution in [0.2, 0.25) is 0 Å². The standard InChI is InChI=1S/C39H41N9O4S/c1-4-31-34(45-14-16-46(17-15-45)37(50)33-35(24(2)40-23-41-33)52-22-25-8-6-5-7-9-25)38(51)48-39(43-36(44-48)28-19-26-18-27(26)20-28)47(31)21-32(49)42-29-10-12-30(53-3)13-11-29/h5-13,19,23,26-27H,4,14-18,20-22H2,1-3H3,(H,42,49)/i3D3. The van der Waals surface area contributed by atoms with Crippen LogP contribution >= 0.6 is 11.8 Å². The molecular formula is C39H41N9O4S. The number of anilines is 2. The van der Waals surface area contributed by atoms with E-state index in [0.29, 0.717) is 83.7 Å². The highest BCUT2D eigenvalue weighted by molar-refractivity contribution is 7.98. The summed E-state index contributed by atoms with van der Waals surface area (Å²) in [7, 11) is 0. The lowest BCUT2D eigenvalue weighted by molar-refractivity contribution is -0.116. The molecule has 1 saturated carbocycles. The van der Waals surface area contributed by atoms with Gasteiger partial charge in [-0.2, -0.15) is 9.50 Å². The third kappa shape index (κ3) is 6.90. The van der Waals surface area contributed by atoms with Crippen LogP contribution in [0.4, 0.5) is 11.4 Å². The van der Waals surface area contributed by atoms with Crippen molar-refractivity contribution in [3.8, 4) is 5.75 Å². The maximum atomic E-state index is 14.4. The lowest BCUT2D eigenvalue weighted by atomic mass is 10.2. The SMILES string of the molecule is [2H]C([2H])([2H])Sc1ccc(NC(=O)Cn2c(CC)c(N3CCN(C(=O)c4ncnc(C)c4OCc4ccccc4)CC3)c(=O)n3nc(C4=CC5CC5C4)nc23)cc1. The van der Waals surface area contributed by atoms with E-state index in [0.717, 1.165) is 35.7 Å². The number of allylic oxidation sites excluding steroid dienone is 2. The molecule has 0 bridgehead atoms. The van der Waals surface area contributed by atoms with Gasteiger partial charge in [0.05, 0.1) is 11.4 Å². The molecule has 0 spiro atoms. The minimum atomic E-state index is -2.18. The minimum Gasteiger partial charge on any atom is -0.485 e. The summed E-state index contributed by atoms with van der Waals surface area (Å²) in [5.41, 5.74) is 3.93. The van der Waals surface area contributed by atoms with E-state index in [-0.39, 0.29) is 42.0 Å². The first-order valence-corrected chi connectivity index (χ1v) is 18.6. The third-order valence-corrected chi connectivity index (χ3v) is 10.7. The van der Waals surface area contributed by atoms with Gasteiger partial charge in [0.25, 0.3) is 11.5 Å². The first-order chi connectivity index (χ1) is 27.0. The number of thioether (sulfide) groups is 1. The lowest BCUT2D eigenvalue weighted by Gasteiger charge is -2.36. The van der Waals surface area contributed by atoms with Gasteiger partial charge in [0.15, 0.2) is 17.3 Å². The molecule has 1 aliphatic heterocycles. The number of nitrogens with zero attached hydrogens (tertiary/aromatic N) is 8. The number of rotatable bonds is 11. The number of benzene rings is 2. The average Bonchev–Trinajstić information content (AvgIpc) is 3.54. The number of carbonyl (C=O) groups is 2. The monoisotopic (exact) mass is 734 g/mol. The Morgan fingerprint density at radius 1 is 1.06 bits per heavy atom. The van der Waals surface area contributed by atoms with Gasteiger partial charge >= 0.3 is 0 Å². The molecule has 14 heteroatoms. The fourth-order valence-electron chi connectivity index (χ4n) is 7.30. The lowest BCUT2D eigenvalue weighted by Crippen LogP contribution is -2.51. The maximum Gasteiger partial charge on any atom is 0.299 e. The van der Waals surface area contributed by atoms with Crippen molar-refractivity contribution in [3.63, 3.8) is 0 Å². The number of fused-ring (bicyclic) bond motifs is 2. The zero-order valence-electron chi connectivity index (χ0n) is 32.5. The molecule has 272 valence electrons. The van der Waals surface area contributed by atoms with Crippen LogP contribution in [-0.4, -0.2) is 78.2 Å². The van der Waals surface area contributed by atoms with Crippen LogP contribution in [0.15, 0.2) is 76.7 Å². The van der Waals surface area contributed by atoms with Crippen molar-refractivity contribution in [2.45, 2.75) is 51.2 Å². The number of aryl methyl sites for hydroxylation is 1. The van der Waals surface area contributed by atoms with Crippen LogP contribution in [0.3, 0.4) is 0 Å². The Morgan fingerprint density at radius 2 is 1.85 bits per heavy atom. The van der Waals surface area contributed by atoms with Gasteiger partial charge in [-0.15, -0.1) is 16.9 Å². The van der Waals surface area contributed by atoms with Crippen molar-refractivity contribution in [3.05, 3.63) is 106 Å². The molecule has 53 heavy (non-hydrogen) atoms. The second-order valence-electron chi connectivity index (χ2n) is 13.6. The Kier molecular flexibility index (Phi) is 8.49. The highest BCUT2D eigenvalue weighted by atomic mass is 32.2. The Balaban J connectivity index is 1.06. The van der Waals surface area contributed by atoms with Crippen molar-refractivity contribution < 1.29 is 18.4 Å². The number of piperazine rings is 1. The van der Waals surface area contributed by atoms with Crippen molar-refractivity contribution in [2.75, 3.05) is 42.6 Å². The molecule has 1 N–H and O–H groups in total. The fraction of sp³-hybridized carbons (Fsp3) is 0.359. The molecule has 2 amide bonds. The van der Waals surface area contributed by atoms with E-state index in [1.807, 2.05) is 42.2 Å². The second-order valence-corrected chi connectivity index (χ2v) is 14.3. The van der Waals surface area contributed by atoms with E-state index >= 15 is 0 Å². The summed E-state index contributed by atoms with van der Waals surface area (Å²) in [6.45, 7) is 5.17. The summed E-state index contributed by atoms with van der Waals surface area (Å²) in [5.74, 6) is 1.61. The normalized spacial score (nSPS) is 18.9. The first kappa shape index (κ1) is 31.1. The molecule has 4 heterocycles. The zero-order chi connectivity index (χ0) is 39.1. The molecule has 2 atom stereocenters. The molecule has 3 aromatic heterocycles. The van der Waals surface area contributed by atoms with Gasteiger partial charge in [-0.1, -0.05) is 43.3 Å². The molecule has 2 fully saturated rings. The van der Waals surface area contributed by atoms with E-state index < -0.39 is 6.18 Å². The topological polar surface area (TPSA) is 140 Å². The molecule has 5 aromatic rings. The van der Waals surface area contributed by atoms with E-state index in [9.17, 15) is 14.4 Å².